The molecule has 0 unspecified atom stereocenters. The van der Waals surface area contributed by atoms with Crippen LogP contribution in [0.3, 0.4) is 0 Å². The van der Waals surface area contributed by atoms with Gasteiger partial charge in [0.15, 0.2) is 5.79 Å². The van der Waals surface area contributed by atoms with Gasteiger partial charge in [0, 0.05) is 13.1 Å². The fourth-order valence-electron chi connectivity index (χ4n) is 2.05. The summed E-state index contributed by atoms with van der Waals surface area (Å²) >= 11 is 0. The van der Waals surface area contributed by atoms with Crippen LogP contribution in [-0.4, -0.2) is 43.1 Å². The average molecular weight is 214 g/mol. The van der Waals surface area contributed by atoms with Gasteiger partial charge in [-0.05, 0) is 26.7 Å². The normalized spacial score (nSPS) is 29.2. The van der Waals surface area contributed by atoms with Crippen molar-refractivity contribution in [3.63, 3.8) is 0 Å². The second-order valence-electron chi connectivity index (χ2n) is 4.90. The molecule has 2 heterocycles. The summed E-state index contributed by atoms with van der Waals surface area (Å²) in [4.78, 5) is 0. The second-order valence-corrected chi connectivity index (χ2v) is 4.90. The van der Waals surface area contributed by atoms with Crippen molar-refractivity contribution in [3.05, 3.63) is 0 Å². The summed E-state index contributed by atoms with van der Waals surface area (Å²) in [6, 6.07) is 0.316. The maximum absolute atomic E-state index is 5.61. The minimum Gasteiger partial charge on any atom is -0.349 e. The Hall–Kier alpha value is -0.160. The molecule has 15 heavy (non-hydrogen) atoms. The minimum atomic E-state index is -0.403. The first kappa shape index (κ1) is 11.3. The molecule has 0 saturated carbocycles. The van der Waals surface area contributed by atoms with Gasteiger partial charge in [0.1, 0.15) is 0 Å². The van der Waals surface area contributed by atoms with Gasteiger partial charge in [0.25, 0.3) is 0 Å². The summed E-state index contributed by atoms with van der Waals surface area (Å²) in [6.45, 7) is 7.71. The Labute approximate surface area is 91.9 Å². The molecule has 0 aromatic heterocycles. The molecular formula is C11H22N2O2. The first-order chi connectivity index (χ1) is 7.16. The van der Waals surface area contributed by atoms with Crippen LogP contribution in [-0.2, 0) is 9.47 Å². The fourth-order valence-corrected chi connectivity index (χ4v) is 2.05. The van der Waals surface area contributed by atoms with Crippen LogP contribution in [0.5, 0.6) is 0 Å². The molecular weight excluding hydrogens is 192 g/mol. The van der Waals surface area contributed by atoms with Crippen LogP contribution in [0.4, 0.5) is 0 Å². The molecule has 0 atom stereocenters. The SMILES string of the molecule is CC1(C)OCC(NN2CCCCC2)CO1. The van der Waals surface area contributed by atoms with Gasteiger partial charge >= 0.3 is 0 Å². The Bertz CT molecular complexity index is 193. The molecule has 4 heteroatoms. The van der Waals surface area contributed by atoms with Crippen LogP contribution in [0.15, 0.2) is 0 Å². The van der Waals surface area contributed by atoms with Gasteiger partial charge in [-0.15, -0.1) is 0 Å². The average Bonchev–Trinajstić information content (AvgIpc) is 2.23. The number of piperidine rings is 1. The highest BCUT2D eigenvalue weighted by molar-refractivity contribution is 4.73. The molecule has 2 rings (SSSR count). The monoisotopic (exact) mass is 214 g/mol. The summed E-state index contributed by atoms with van der Waals surface area (Å²) in [5.74, 6) is -0.403. The summed E-state index contributed by atoms with van der Waals surface area (Å²) in [5, 5.41) is 2.30. The van der Waals surface area contributed by atoms with E-state index < -0.39 is 5.79 Å². The number of nitrogens with one attached hydrogen (secondary N) is 1. The smallest absolute Gasteiger partial charge is 0.162 e. The lowest BCUT2D eigenvalue weighted by molar-refractivity contribution is -0.257. The van der Waals surface area contributed by atoms with Crippen molar-refractivity contribution in [2.45, 2.75) is 44.9 Å². The van der Waals surface area contributed by atoms with E-state index in [-0.39, 0.29) is 0 Å². The number of hydrogen-bond donors (Lipinski definition) is 1. The number of hydrogen-bond acceptors (Lipinski definition) is 4. The predicted octanol–water partition coefficient (Wildman–Crippen LogP) is 1.13. The Morgan fingerprint density at radius 2 is 1.67 bits per heavy atom. The molecule has 0 aromatic rings. The summed E-state index contributed by atoms with van der Waals surface area (Å²) in [5.41, 5.74) is 3.48. The highest BCUT2D eigenvalue weighted by atomic mass is 16.7. The van der Waals surface area contributed by atoms with Gasteiger partial charge < -0.3 is 9.47 Å². The standard InChI is InChI=1S/C11H22N2O2/c1-11(2)14-8-10(9-15-11)12-13-6-4-3-5-7-13/h10,12H,3-9H2,1-2H3. The minimum absolute atomic E-state index is 0.316. The fraction of sp³-hybridized carbons (Fsp3) is 1.00. The van der Waals surface area contributed by atoms with Crippen molar-refractivity contribution in [2.24, 2.45) is 0 Å². The van der Waals surface area contributed by atoms with Crippen LogP contribution in [0.1, 0.15) is 33.1 Å². The summed E-state index contributed by atoms with van der Waals surface area (Å²) in [6.07, 6.45) is 3.96. The topological polar surface area (TPSA) is 33.7 Å². The van der Waals surface area contributed by atoms with Gasteiger partial charge in [0.2, 0.25) is 0 Å². The van der Waals surface area contributed by atoms with E-state index in [1.165, 1.54) is 19.3 Å². The van der Waals surface area contributed by atoms with Gasteiger partial charge in [-0.1, -0.05) is 6.42 Å². The third-order valence-corrected chi connectivity index (χ3v) is 2.99. The molecule has 0 aromatic carbocycles. The van der Waals surface area contributed by atoms with Crippen molar-refractivity contribution in [3.8, 4) is 0 Å². The van der Waals surface area contributed by atoms with E-state index in [1.807, 2.05) is 13.8 Å². The zero-order valence-electron chi connectivity index (χ0n) is 9.79. The maximum atomic E-state index is 5.61. The molecule has 1 N–H and O–H groups in total. The van der Waals surface area contributed by atoms with Crippen LogP contribution in [0.2, 0.25) is 0 Å². The van der Waals surface area contributed by atoms with Crippen molar-refractivity contribution in [1.82, 2.24) is 10.4 Å². The Morgan fingerprint density at radius 1 is 1.07 bits per heavy atom. The quantitative estimate of drug-likeness (QED) is 0.747. The van der Waals surface area contributed by atoms with Crippen molar-refractivity contribution in [2.75, 3.05) is 26.3 Å². The van der Waals surface area contributed by atoms with E-state index in [4.69, 9.17) is 9.47 Å². The molecule has 0 bridgehead atoms. The lowest BCUT2D eigenvalue weighted by Gasteiger charge is -2.38. The van der Waals surface area contributed by atoms with E-state index >= 15 is 0 Å². The molecule has 88 valence electrons. The molecule has 2 saturated heterocycles. The van der Waals surface area contributed by atoms with Crippen molar-refractivity contribution in [1.29, 1.82) is 0 Å². The number of ether oxygens (including phenoxy) is 2. The number of nitrogens with zero attached hydrogens (tertiary/aromatic N) is 1. The predicted molar refractivity (Wildman–Crippen MR) is 58.3 cm³/mol. The van der Waals surface area contributed by atoms with E-state index in [9.17, 15) is 0 Å². The number of rotatable bonds is 2. The lowest BCUT2D eigenvalue weighted by atomic mass is 10.2. The highest BCUT2D eigenvalue weighted by Gasteiger charge is 2.29. The van der Waals surface area contributed by atoms with E-state index in [0.717, 1.165) is 26.3 Å². The van der Waals surface area contributed by atoms with E-state index in [2.05, 4.69) is 10.4 Å². The van der Waals surface area contributed by atoms with Crippen molar-refractivity contribution >= 4 is 0 Å². The lowest BCUT2D eigenvalue weighted by Crippen LogP contribution is -2.55. The van der Waals surface area contributed by atoms with Gasteiger partial charge in [0.05, 0.1) is 19.3 Å². The number of hydrazine groups is 1. The van der Waals surface area contributed by atoms with E-state index in [1.54, 1.807) is 0 Å². The van der Waals surface area contributed by atoms with Gasteiger partial charge in [-0.2, -0.15) is 0 Å². The van der Waals surface area contributed by atoms with Crippen molar-refractivity contribution < 1.29 is 9.47 Å². The maximum Gasteiger partial charge on any atom is 0.162 e. The summed E-state index contributed by atoms with van der Waals surface area (Å²) in [7, 11) is 0. The molecule has 4 nitrogen and oxygen atoms in total. The molecule has 0 radical (unpaired) electrons. The summed E-state index contributed by atoms with van der Waals surface area (Å²) < 4.78 is 11.2. The zero-order chi connectivity index (χ0) is 10.7. The highest BCUT2D eigenvalue weighted by Crippen LogP contribution is 2.17. The van der Waals surface area contributed by atoms with Crippen LogP contribution < -0.4 is 5.43 Å². The molecule has 0 spiro atoms. The second kappa shape index (κ2) is 4.78. The van der Waals surface area contributed by atoms with Crippen LogP contribution in [0, 0.1) is 0 Å². The first-order valence-electron chi connectivity index (χ1n) is 5.95. The first-order valence-corrected chi connectivity index (χ1v) is 5.95. The Balaban J connectivity index is 1.71. The Morgan fingerprint density at radius 3 is 2.27 bits per heavy atom. The molecule has 0 amide bonds. The zero-order valence-corrected chi connectivity index (χ0v) is 9.79. The van der Waals surface area contributed by atoms with Crippen LogP contribution >= 0.6 is 0 Å². The third-order valence-electron chi connectivity index (χ3n) is 2.99. The molecule has 2 aliphatic rings. The molecule has 0 aliphatic carbocycles. The van der Waals surface area contributed by atoms with Gasteiger partial charge in [-0.25, -0.2) is 10.4 Å². The molecule has 2 fully saturated rings. The third kappa shape index (κ3) is 3.41. The Kier molecular flexibility index (Phi) is 3.61. The van der Waals surface area contributed by atoms with Crippen LogP contribution in [0.25, 0.3) is 0 Å². The van der Waals surface area contributed by atoms with E-state index in [0.29, 0.717) is 6.04 Å². The molecule has 2 aliphatic heterocycles. The largest absolute Gasteiger partial charge is 0.349 e. The van der Waals surface area contributed by atoms with Gasteiger partial charge in [-0.3, -0.25) is 0 Å².